The van der Waals surface area contributed by atoms with Gasteiger partial charge in [0, 0.05) is 18.0 Å². The molecule has 4 heteroatoms. The molecule has 0 bridgehead atoms. The van der Waals surface area contributed by atoms with E-state index in [0.29, 0.717) is 0 Å². The van der Waals surface area contributed by atoms with Gasteiger partial charge in [-0.25, -0.2) is 4.79 Å². The largest absolute Gasteiger partial charge is 0.328 e. The fourth-order valence-electron chi connectivity index (χ4n) is 1.80. The number of nitrogens with zero attached hydrogens (tertiary/aromatic N) is 2. The highest BCUT2D eigenvalue weighted by molar-refractivity contribution is 14.1. The van der Waals surface area contributed by atoms with Crippen molar-refractivity contribution < 1.29 is 0 Å². The summed E-state index contributed by atoms with van der Waals surface area (Å²) in [5.41, 5.74) is 2.13. The minimum absolute atomic E-state index is 0.0843. The SMILES string of the molecule is Cn1c(=O)n(CCCI)c2ccccc21. The summed E-state index contributed by atoms with van der Waals surface area (Å²) in [6, 6.07) is 7.92. The zero-order valence-electron chi connectivity index (χ0n) is 8.61. The van der Waals surface area contributed by atoms with Crippen molar-refractivity contribution in [1.82, 2.24) is 9.13 Å². The van der Waals surface area contributed by atoms with Crippen LogP contribution in [-0.4, -0.2) is 13.6 Å². The molecule has 0 amide bonds. The molecule has 2 aromatic rings. The average Bonchev–Trinajstić information content (AvgIpc) is 2.51. The fourth-order valence-corrected chi connectivity index (χ4v) is 2.14. The maximum Gasteiger partial charge on any atom is 0.328 e. The topological polar surface area (TPSA) is 26.9 Å². The van der Waals surface area contributed by atoms with Crippen LogP contribution in [0.2, 0.25) is 0 Å². The van der Waals surface area contributed by atoms with Gasteiger partial charge in [0.25, 0.3) is 0 Å². The van der Waals surface area contributed by atoms with Gasteiger partial charge in [0.15, 0.2) is 0 Å². The van der Waals surface area contributed by atoms with E-state index in [1.54, 1.807) is 4.57 Å². The molecule has 0 aliphatic heterocycles. The Bertz CT molecular complexity index is 527. The van der Waals surface area contributed by atoms with Gasteiger partial charge in [0.05, 0.1) is 11.0 Å². The predicted octanol–water partition coefficient (Wildman–Crippen LogP) is 2.17. The quantitative estimate of drug-likeness (QED) is 0.630. The summed E-state index contributed by atoms with van der Waals surface area (Å²) >= 11 is 2.33. The number of halogens is 1. The maximum atomic E-state index is 11.9. The van der Waals surface area contributed by atoms with E-state index in [0.717, 1.165) is 28.4 Å². The molecule has 0 atom stereocenters. The van der Waals surface area contributed by atoms with E-state index < -0.39 is 0 Å². The van der Waals surface area contributed by atoms with Crippen LogP contribution in [0.25, 0.3) is 11.0 Å². The maximum absolute atomic E-state index is 11.9. The number of benzene rings is 1. The molecule has 1 aromatic carbocycles. The Morgan fingerprint density at radius 2 is 1.93 bits per heavy atom. The molecule has 1 heterocycles. The van der Waals surface area contributed by atoms with Gasteiger partial charge in [0.1, 0.15) is 0 Å². The minimum Gasteiger partial charge on any atom is -0.295 e. The van der Waals surface area contributed by atoms with Gasteiger partial charge in [-0.1, -0.05) is 34.7 Å². The van der Waals surface area contributed by atoms with E-state index in [1.807, 2.05) is 35.9 Å². The van der Waals surface area contributed by atoms with E-state index in [1.165, 1.54) is 0 Å². The predicted molar refractivity (Wildman–Crippen MR) is 70.7 cm³/mol. The number of aryl methyl sites for hydroxylation is 2. The van der Waals surface area contributed by atoms with Gasteiger partial charge in [-0.15, -0.1) is 0 Å². The van der Waals surface area contributed by atoms with Crippen LogP contribution in [0.5, 0.6) is 0 Å². The highest BCUT2D eigenvalue weighted by Crippen LogP contribution is 2.11. The Balaban J connectivity index is 2.62. The summed E-state index contributed by atoms with van der Waals surface area (Å²) in [5, 5.41) is 0. The smallest absolute Gasteiger partial charge is 0.295 e. The van der Waals surface area contributed by atoms with Gasteiger partial charge in [-0.05, 0) is 18.6 Å². The zero-order valence-corrected chi connectivity index (χ0v) is 10.8. The highest BCUT2D eigenvalue weighted by Gasteiger charge is 2.08. The van der Waals surface area contributed by atoms with Crippen LogP contribution in [0, 0.1) is 0 Å². The normalized spacial score (nSPS) is 11.1. The van der Waals surface area contributed by atoms with Crippen LogP contribution in [0.15, 0.2) is 29.1 Å². The number of imidazole rings is 1. The number of aromatic nitrogens is 2. The van der Waals surface area contributed by atoms with Crippen LogP contribution in [0.3, 0.4) is 0 Å². The van der Waals surface area contributed by atoms with Crippen molar-refractivity contribution in [2.24, 2.45) is 7.05 Å². The van der Waals surface area contributed by atoms with E-state index >= 15 is 0 Å². The van der Waals surface area contributed by atoms with E-state index in [-0.39, 0.29) is 5.69 Å². The third-order valence-electron chi connectivity index (χ3n) is 2.57. The molecule has 0 N–H and O–H groups in total. The van der Waals surface area contributed by atoms with Gasteiger partial charge < -0.3 is 0 Å². The molecule has 0 saturated carbocycles. The summed E-state index contributed by atoms with van der Waals surface area (Å²) in [4.78, 5) is 11.9. The van der Waals surface area contributed by atoms with Gasteiger partial charge in [-0.3, -0.25) is 9.13 Å². The molecular formula is C11H13IN2O. The van der Waals surface area contributed by atoms with Gasteiger partial charge in [-0.2, -0.15) is 0 Å². The number of hydrogen-bond donors (Lipinski definition) is 0. The second-order valence-corrected chi connectivity index (χ2v) is 4.60. The second kappa shape index (κ2) is 4.38. The van der Waals surface area contributed by atoms with Crippen LogP contribution in [0.1, 0.15) is 6.42 Å². The number of rotatable bonds is 3. The summed E-state index contributed by atoms with van der Waals surface area (Å²) in [7, 11) is 1.82. The van der Waals surface area contributed by atoms with Crippen molar-refractivity contribution in [3.8, 4) is 0 Å². The molecule has 15 heavy (non-hydrogen) atoms. The second-order valence-electron chi connectivity index (χ2n) is 3.52. The van der Waals surface area contributed by atoms with Crippen molar-refractivity contribution in [3.63, 3.8) is 0 Å². The molecule has 0 saturated heterocycles. The summed E-state index contributed by atoms with van der Waals surface area (Å²) in [6.07, 6.45) is 1.04. The third kappa shape index (κ3) is 1.82. The van der Waals surface area contributed by atoms with Gasteiger partial charge in [0.2, 0.25) is 0 Å². The molecule has 0 aliphatic carbocycles. The van der Waals surface area contributed by atoms with Crippen molar-refractivity contribution >= 4 is 33.6 Å². The fraction of sp³-hybridized carbons (Fsp3) is 0.364. The van der Waals surface area contributed by atoms with Crippen molar-refractivity contribution in [1.29, 1.82) is 0 Å². The highest BCUT2D eigenvalue weighted by atomic mass is 127. The molecule has 0 radical (unpaired) electrons. The summed E-state index contributed by atoms with van der Waals surface area (Å²) in [6.45, 7) is 0.809. The summed E-state index contributed by atoms with van der Waals surface area (Å²) in [5.74, 6) is 0. The zero-order chi connectivity index (χ0) is 10.8. The van der Waals surface area contributed by atoms with Crippen molar-refractivity contribution in [2.45, 2.75) is 13.0 Å². The molecule has 0 spiro atoms. The number of hydrogen-bond acceptors (Lipinski definition) is 1. The number of alkyl halides is 1. The summed E-state index contributed by atoms with van der Waals surface area (Å²) < 4.78 is 4.64. The molecule has 80 valence electrons. The molecule has 1 aromatic heterocycles. The Labute approximate surface area is 102 Å². The average molecular weight is 316 g/mol. The van der Waals surface area contributed by atoms with E-state index in [2.05, 4.69) is 22.6 Å². The molecule has 0 unspecified atom stereocenters. The molecule has 0 fully saturated rings. The molecule has 0 aliphatic rings. The lowest BCUT2D eigenvalue weighted by Gasteiger charge is -1.99. The van der Waals surface area contributed by atoms with E-state index in [9.17, 15) is 4.79 Å². The van der Waals surface area contributed by atoms with Crippen LogP contribution in [-0.2, 0) is 13.6 Å². The Hall–Kier alpha value is -0.780. The Morgan fingerprint density at radius 3 is 2.60 bits per heavy atom. The monoisotopic (exact) mass is 316 g/mol. The standard InChI is InChI=1S/C11H13IN2O/c1-13-9-5-2-3-6-10(9)14(11(13)15)8-4-7-12/h2-3,5-6H,4,7-8H2,1H3. The third-order valence-corrected chi connectivity index (χ3v) is 3.33. The minimum atomic E-state index is 0.0843. The van der Waals surface area contributed by atoms with Gasteiger partial charge >= 0.3 is 5.69 Å². The Kier molecular flexibility index (Phi) is 3.14. The number of para-hydroxylation sites is 2. The lowest BCUT2D eigenvalue weighted by Crippen LogP contribution is -2.22. The number of fused-ring (bicyclic) bond motifs is 1. The van der Waals surface area contributed by atoms with Crippen LogP contribution < -0.4 is 5.69 Å². The lowest BCUT2D eigenvalue weighted by atomic mass is 10.3. The lowest BCUT2D eigenvalue weighted by molar-refractivity contribution is 0.659. The van der Waals surface area contributed by atoms with E-state index in [4.69, 9.17) is 0 Å². The van der Waals surface area contributed by atoms with Crippen LogP contribution in [0.4, 0.5) is 0 Å². The molecule has 3 nitrogen and oxygen atoms in total. The van der Waals surface area contributed by atoms with Crippen molar-refractivity contribution in [2.75, 3.05) is 4.43 Å². The Morgan fingerprint density at radius 1 is 1.27 bits per heavy atom. The van der Waals surface area contributed by atoms with Crippen molar-refractivity contribution in [3.05, 3.63) is 34.7 Å². The first-order valence-corrected chi connectivity index (χ1v) is 6.48. The molecular weight excluding hydrogens is 303 g/mol. The first kappa shape index (κ1) is 10.7. The first-order chi connectivity index (χ1) is 7.25. The first-order valence-electron chi connectivity index (χ1n) is 4.96. The molecule has 2 rings (SSSR count). The van der Waals surface area contributed by atoms with Crippen LogP contribution >= 0.6 is 22.6 Å².